The first-order valence-corrected chi connectivity index (χ1v) is 30.9. The smallest absolute Gasteiger partial charge is 0.180 e. The van der Waals surface area contributed by atoms with Crippen LogP contribution in [-0.2, 0) is 142 Å². The lowest BCUT2D eigenvalue weighted by Crippen LogP contribution is -2.40. The molecule has 4 atom stereocenters. The van der Waals surface area contributed by atoms with Crippen molar-refractivity contribution in [3.05, 3.63) is 0 Å². The zero-order valence-corrected chi connectivity index (χ0v) is 58.4. The summed E-state index contributed by atoms with van der Waals surface area (Å²) in [5, 5.41) is 0. The highest BCUT2D eigenvalue weighted by Crippen LogP contribution is 2.14. The van der Waals surface area contributed by atoms with E-state index in [4.69, 9.17) is 142 Å². The Morgan fingerprint density at radius 2 is 0.264 bits per heavy atom. The Kier molecular flexibility index (Phi) is 63.9. The molecule has 0 bridgehead atoms. The van der Waals surface area contributed by atoms with Crippen LogP contribution in [0.15, 0.2) is 0 Å². The van der Waals surface area contributed by atoms with Crippen molar-refractivity contribution < 1.29 is 142 Å². The van der Waals surface area contributed by atoms with Gasteiger partial charge in [-0.3, -0.25) is 0 Å². The fraction of sp³-hybridized carbons (Fsp3) is 1.00. The van der Waals surface area contributed by atoms with E-state index in [1.807, 2.05) is 6.92 Å². The summed E-state index contributed by atoms with van der Waals surface area (Å²) < 4.78 is 177. The maximum Gasteiger partial charge on any atom is 0.180 e. The summed E-state index contributed by atoms with van der Waals surface area (Å²) >= 11 is 0. The Bertz CT molecular complexity index is 1330. The fourth-order valence-corrected chi connectivity index (χ4v) is 8.34. The SMILES string of the molecule is COCC(COC)OCC(COC(COC)COC)OCC(COC(COC(COC)COC)COC(COC)COC)OCC(C)COC(COC(COC(COC)COC)COC(COC)COC)COC(COC(COC)COC)COC(COC)OC. The fourth-order valence-electron chi connectivity index (χ4n) is 8.34. The predicted octanol–water partition coefficient (Wildman–Crippen LogP) is 1.32. The third-order valence-electron chi connectivity index (χ3n) is 12.9. The molecule has 548 valence electrons. The summed E-state index contributed by atoms with van der Waals surface area (Å²) in [6, 6.07) is 0. The van der Waals surface area contributed by atoms with Crippen LogP contribution in [0.5, 0.6) is 0 Å². The van der Waals surface area contributed by atoms with Crippen molar-refractivity contribution in [2.24, 2.45) is 5.92 Å². The Morgan fingerprint density at radius 1 is 0.143 bits per heavy atom. The van der Waals surface area contributed by atoms with E-state index in [0.29, 0.717) is 79.3 Å². The van der Waals surface area contributed by atoms with E-state index in [1.165, 1.54) is 7.11 Å². The van der Waals surface area contributed by atoms with Crippen molar-refractivity contribution in [1.29, 1.82) is 0 Å². The highest BCUT2D eigenvalue weighted by molar-refractivity contribution is 4.72. The van der Waals surface area contributed by atoms with Gasteiger partial charge in [-0.15, -0.1) is 0 Å². The molecule has 0 fully saturated rings. The molecular formula is C61H124O30. The Hall–Kier alpha value is -1.20. The summed E-state index contributed by atoms with van der Waals surface area (Å²) in [6.07, 6.45) is -7.12. The van der Waals surface area contributed by atoms with Crippen molar-refractivity contribution in [1.82, 2.24) is 0 Å². The summed E-state index contributed by atoms with van der Waals surface area (Å²) in [7, 11) is 25.4. The van der Waals surface area contributed by atoms with Gasteiger partial charge in [0, 0.05) is 120 Å². The van der Waals surface area contributed by atoms with E-state index in [9.17, 15) is 0 Å². The normalized spacial score (nSPS) is 14.0. The zero-order valence-electron chi connectivity index (χ0n) is 58.4. The molecule has 0 aromatic rings. The zero-order chi connectivity index (χ0) is 67.4. The Balaban J connectivity index is 7.36. The molecule has 91 heavy (non-hydrogen) atoms. The number of hydrogen-bond donors (Lipinski definition) is 0. The first-order chi connectivity index (χ1) is 44.4. The standard InChI is InChI=1S/C61H124O30/c1-47(19-79-56(37-90-60(45-91-61(77-17)46-76-16)44-86-54(32-74-14)33-75-15)36-89-59(42-84-52(28-70-10)29-71-11)43-85-53(30-72-12)31-73-13)18-78-55(34-87-57(38-80-48(20-62-2)21-63-3)39-81-49(22-64-4)23-65-5)35-88-58(40-82-50(24-66-6)25-67-7)41-83-51(26-68-8)27-69-9/h47-61H,18-46H2,1-17H3. The van der Waals surface area contributed by atoms with Crippen molar-refractivity contribution in [3.63, 3.8) is 0 Å². The largest absolute Gasteiger partial charge is 0.382 e. The van der Waals surface area contributed by atoms with Crippen LogP contribution in [0, 0.1) is 5.92 Å². The first-order valence-electron chi connectivity index (χ1n) is 30.9. The topological polar surface area (TPSA) is 277 Å². The predicted molar refractivity (Wildman–Crippen MR) is 331 cm³/mol. The monoisotopic (exact) mass is 1340 g/mol. The molecule has 4 unspecified atom stereocenters. The molecule has 30 heteroatoms. The van der Waals surface area contributed by atoms with Gasteiger partial charge in [-0.05, 0) is 0 Å². The second-order valence-corrected chi connectivity index (χ2v) is 21.4. The Labute approximate surface area is 544 Å². The molecule has 0 saturated carbocycles. The molecule has 0 aliphatic carbocycles. The maximum atomic E-state index is 6.75. The van der Waals surface area contributed by atoms with Gasteiger partial charge < -0.3 is 142 Å². The summed E-state index contributed by atoms with van der Waals surface area (Å²) in [5.41, 5.74) is 0. The second-order valence-electron chi connectivity index (χ2n) is 21.4. The van der Waals surface area contributed by atoms with E-state index in [1.54, 1.807) is 107 Å². The van der Waals surface area contributed by atoms with E-state index < -0.39 is 42.9 Å². The van der Waals surface area contributed by atoms with Gasteiger partial charge in [0.2, 0.25) is 0 Å². The van der Waals surface area contributed by atoms with Crippen LogP contribution < -0.4 is 0 Å². The van der Waals surface area contributed by atoms with Crippen molar-refractivity contribution in [3.8, 4) is 0 Å². The third-order valence-corrected chi connectivity index (χ3v) is 12.9. The van der Waals surface area contributed by atoms with Gasteiger partial charge in [0.15, 0.2) is 6.29 Å². The summed E-state index contributed by atoms with van der Waals surface area (Å²) in [6.45, 7) is 7.74. The number of rotatable bonds is 73. The molecule has 0 aromatic heterocycles. The van der Waals surface area contributed by atoms with Crippen LogP contribution in [0.4, 0.5) is 0 Å². The molecular weight excluding hydrogens is 1210 g/mol. The van der Waals surface area contributed by atoms with Crippen LogP contribution in [-0.4, -0.2) is 391 Å². The van der Waals surface area contributed by atoms with Gasteiger partial charge in [-0.25, -0.2) is 0 Å². The van der Waals surface area contributed by atoms with Crippen molar-refractivity contribution >= 4 is 0 Å². The van der Waals surface area contributed by atoms with Crippen molar-refractivity contribution in [2.45, 2.75) is 92.6 Å². The van der Waals surface area contributed by atoms with Crippen molar-refractivity contribution in [2.75, 3.05) is 305 Å². The van der Waals surface area contributed by atoms with E-state index >= 15 is 0 Å². The minimum atomic E-state index is -0.676. The molecule has 0 heterocycles. The molecule has 0 spiro atoms. The van der Waals surface area contributed by atoms with Crippen LogP contribution in [0.3, 0.4) is 0 Å². The molecule has 0 amide bonds. The average Bonchev–Trinajstić information content (AvgIpc) is 3.75. The molecule has 0 N–H and O–H groups in total. The number of hydrogen-bond acceptors (Lipinski definition) is 30. The van der Waals surface area contributed by atoms with E-state index in [0.717, 1.165) is 0 Å². The van der Waals surface area contributed by atoms with Gasteiger partial charge in [-0.1, -0.05) is 6.92 Å². The highest BCUT2D eigenvalue weighted by Gasteiger charge is 2.27. The molecule has 0 aromatic carbocycles. The van der Waals surface area contributed by atoms with Crippen LogP contribution in [0.1, 0.15) is 6.92 Å². The number of methoxy groups -OCH3 is 16. The lowest BCUT2D eigenvalue weighted by Gasteiger charge is -2.29. The van der Waals surface area contributed by atoms with E-state index in [-0.39, 0.29) is 161 Å². The van der Waals surface area contributed by atoms with Gasteiger partial charge >= 0.3 is 0 Å². The first kappa shape index (κ1) is 89.8. The highest BCUT2D eigenvalue weighted by atomic mass is 16.7. The average molecular weight is 1340 g/mol. The van der Waals surface area contributed by atoms with Gasteiger partial charge in [-0.2, -0.15) is 0 Å². The lowest BCUT2D eigenvalue weighted by atomic mass is 10.2. The third kappa shape index (κ3) is 49.9. The molecule has 0 saturated heterocycles. The minimum Gasteiger partial charge on any atom is -0.382 e. The molecule has 0 radical (unpaired) electrons. The van der Waals surface area contributed by atoms with E-state index in [2.05, 4.69) is 0 Å². The molecule has 0 aliphatic heterocycles. The van der Waals surface area contributed by atoms with Crippen LogP contribution >= 0.6 is 0 Å². The maximum absolute atomic E-state index is 6.75. The summed E-state index contributed by atoms with van der Waals surface area (Å²) in [4.78, 5) is 0. The lowest BCUT2D eigenvalue weighted by molar-refractivity contribution is -0.189. The van der Waals surface area contributed by atoms with Gasteiger partial charge in [0.25, 0.3) is 0 Å². The van der Waals surface area contributed by atoms with Gasteiger partial charge in [0.1, 0.15) is 79.4 Å². The van der Waals surface area contributed by atoms with Crippen LogP contribution in [0.25, 0.3) is 0 Å². The van der Waals surface area contributed by atoms with Gasteiger partial charge in [0.05, 0.1) is 192 Å². The molecule has 0 aliphatic rings. The summed E-state index contributed by atoms with van der Waals surface area (Å²) in [5.74, 6) is -0.228. The quantitative estimate of drug-likeness (QED) is 0.0777. The van der Waals surface area contributed by atoms with Crippen LogP contribution in [0.2, 0.25) is 0 Å². The molecule has 0 rings (SSSR count). The Morgan fingerprint density at radius 3 is 0.396 bits per heavy atom. The molecule has 30 nitrogen and oxygen atoms in total. The minimum absolute atomic E-state index is 0.0321. The number of ether oxygens (including phenoxy) is 30. The second kappa shape index (κ2) is 64.8.